The van der Waals surface area contributed by atoms with Gasteiger partial charge in [0.1, 0.15) is 11.5 Å². The molecule has 0 fully saturated rings. The normalized spacial score (nSPS) is 10.3. The maximum atomic E-state index is 11.8. The fraction of sp³-hybridized carbons (Fsp3) is 0.0556. The lowest BCUT2D eigenvalue weighted by Gasteiger charge is -2.07. The highest BCUT2D eigenvalue weighted by Gasteiger charge is 2.09. The minimum absolute atomic E-state index is 0.0674. The maximum absolute atomic E-state index is 11.8. The first-order valence-electron chi connectivity index (χ1n) is 7.18. The lowest BCUT2D eigenvalue weighted by molar-refractivity contribution is -0.384. The summed E-state index contributed by atoms with van der Waals surface area (Å²) < 4.78 is 10.5. The number of hydrogen-bond donors (Lipinski definition) is 0. The molecule has 0 aromatic heterocycles. The number of nitrogens with zero attached hydrogens (tertiary/aromatic N) is 1. The molecule has 0 bridgehead atoms. The Morgan fingerprint density at radius 2 is 1.58 bits per heavy atom. The van der Waals surface area contributed by atoms with Crippen LogP contribution in [0.2, 0.25) is 0 Å². The summed E-state index contributed by atoms with van der Waals surface area (Å²) in [5, 5.41) is 12.7. The highest BCUT2D eigenvalue weighted by Crippen LogP contribution is 2.21. The summed E-state index contributed by atoms with van der Waals surface area (Å²) in [6.07, 6.45) is 0. The van der Waals surface area contributed by atoms with Crippen LogP contribution < -0.4 is 9.47 Å². The molecule has 120 valence electrons. The van der Waals surface area contributed by atoms with E-state index in [0.717, 1.165) is 10.8 Å². The first kappa shape index (κ1) is 15.5. The van der Waals surface area contributed by atoms with Gasteiger partial charge in [-0.25, -0.2) is 4.79 Å². The Morgan fingerprint density at radius 3 is 2.29 bits per heavy atom. The molecule has 6 heteroatoms. The number of ether oxygens (including phenoxy) is 2. The average molecular weight is 323 g/mol. The van der Waals surface area contributed by atoms with Crippen molar-refractivity contribution < 1.29 is 19.2 Å². The van der Waals surface area contributed by atoms with E-state index in [4.69, 9.17) is 9.47 Å². The Morgan fingerprint density at radius 1 is 0.917 bits per heavy atom. The highest BCUT2D eigenvalue weighted by atomic mass is 16.6. The van der Waals surface area contributed by atoms with Crippen LogP contribution in [0.4, 0.5) is 5.69 Å². The zero-order valence-corrected chi connectivity index (χ0v) is 12.5. The molecule has 0 saturated heterocycles. The van der Waals surface area contributed by atoms with Crippen LogP contribution in [0.5, 0.6) is 11.5 Å². The Balaban J connectivity index is 1.59. The van der Waals surface area contributed by atoms with Gasteiger partial charge >= 0.3 is 5.97 Å². The van der Waals surface area contributed by atoms with E-state index in [9.17, 15) is 14.9 Å². The molecule has 0 unspecified atom stereocenters. The molecule has 3 aromatic rings. The fourth-order valence-corrected chi connectivity index (χ4v) is 2.20. The predicted molar refractivity (Wildman–Crippen MR) is 88.2 cm³/mol. The Bertz CT molecular complexity index is 889. The standard InChI is InChI=1S/C18H13NO5/c20-18(24-16-9-6-15(7-10-16)19(21)22)12-23-17-8-5-13-3-1-2-4-14(13)11-17/h1-11H,12H2. The summed E-state index contributed by atoms with van der Waals surface area (Å²) in [4.78, 5) is 21.8. The van der Waals surface area contributed by atoms with Crippen LogP contribution in [0, 0.1) is 10.1 Å². The lowest BCUT2D eigenvalue weighted by Crippen LogP contribution is -2.17. The van der Waals surface area contributed by atoms with Crippen molar-refractivity contribution in [3.63, 3.8) is 0 Å². The van der Waals surface area contributed by atoms with Crippen LogP contribution in [-0.2, 0) is 4.79 Å². The van der Waals surface area contributed by atoms with Gasteiger partial charge < -0.3 is 9.47 Å². The van der Waals surface area contributed by atoms with E-state index >= 15 is 0 Å². The second-order valence-electron chi connectivity index (χ2n) is 5.02. The van der Waals surface area contributed by atoms with Crippen molar-refractivity contribution in [2.75, 3.05) is 6.61 Å². The van der Waals surface area contributed by atoms with Crippen molar-refractivity contribution in [2.45, 2.75) is 0 Å². The number of carbonyl (C=O) groups excluding carboxylic acids is 1. The minimum Gasteiger partial charge on any atom is -0.482 e. The number of esters is 1. The second kappa shape index (κ2) is 6.78. The lowest BCUT2D eigenvalue weighted by atomic mass is 10.1. The summed E-state index contributed by atoms with van der Waals surface area (Å²) in [5.41, 5.74) is -0.0674. The molecule has 0 saturated carbocycles. The quantitative estimate of drug-likeness (QED) is 0.309. The van der Waals surface area contributed by atoms with Crippen LogP contribution in [0.3, 0.4) is 0 Å². The van der Waals surface area contributed by atoms with Gasteiger partial charge in [-0.15, -0.1) is 0 Å². The topological polar surface area (TPSA) is 78.7 Å². The molecule has 0 N–H and O–H groups in total. The third-order valence-corrected chi connectivity index (χ3v) is 3.36. The van der Waals surface area contributed by atoms with E-state index in [0.29, 0.717) is 5.75 Å². The van der Waals surface area contributed by atoms with E-state index < -0.39 is 10.9 Å². The van der Waals surface area contributed by atoms with E-state index in [1.165, 1.54) is 24.3 Å². The number of hydrogen-bond acceptors (Lipinski definition) is 5. The SMILES string of the molecule is O=C(COc1ccc2ccccc2c1)Oc1ccc([N+](=O)[O-])cc1. The van der Waals surface area contributed by atoms with Crippen molar-refractivity contribution in [1.82, 2.24) is 0 Å². The molecule has 0 radical (unpaired) electrons. The molecule has 0 aliphatic heterocycles. The van der Waals surface area contributed by atoms with E-state index in [-0.39, 0.29) is 18.0 Å². The molecule has 0 spiro atoms. The van der Waals surface area contributed by atoms with E-state index in [1.54, 1.807) is 6.07 Å². The first-order valence-corrected chi connectivity index (χ1v) is 7.18. The fourth-order valence-electron chi connectivity index (χ4n) is 2.20. The zero-order valence-electron chi connectivity index (χ0n) is 12.5. The van der Waals surface area contributed by atoms with Gasteiger partial charge in [0.05, 0.1) is 4.92 Å². The molecule has 24 heavy (non-hydrogen) atoms. The number of non-ortho nitro benzene ring substituents is 1. The van der Waals surface area contributed by atoms with Gasteiger partial charge in [0, 0.05) is 12.1 Å². The number of nitro groups is 1. The highest BCUT2D eigenvalue weighted by molar-refractivity contribution is 5.83. The average Bonchev–Trinajstić information content (AvgIpc) is 2.60. The number of rotatable bonds is 5. The smallest absolute Gasteiger partial charge is 0.349 e. The molecule has 0 aliphatic rings. The number of fused-ring (bicyclic) bond motifs is 1. The summed E-state index contributed by atoms with van der Waals surface area (Å²) in [7, 11) is 0. The molecule has 0 atom stereocenters. The van der Waals surface area contributed by atoms with Crippen LogP contribution in [0.15, 0.2) is 66.7 Å². The Kier molecular flexibility index (Phi) is 4.38. The number of benzene rings is 3. The Labute approximate surface area is 137 Å². The van der Waals surface area contributed by atoms with Gasteiger partial charge in [0.25, 0.3) is 5.69 Å². The van der Waals surface area contributed by atoms with Gasteiger partial charge in [0.15, 0.2) is 6.61 Å². The largest absolute Gasteiger partial charge is 0.482 e. The van der Waals surface area contributed by atoms with Crippen molar-refractivity contribution in [2.24, 2.45) is 0 Å². The van der Waals surface area contributed by atoms with Crippen molar-refractivity contribution >= 4 is 22.4 Å². The van der Waals surface area contributed by atoms with Gasteiger partial charge in [-0.05, 0) is 35.0 Å². The summed E-state index contributed by atoms with van der Waals surface area (Å²) >= 11 is 0. The van der Waals surface area contributed by atoms with Crippen LogP contribution in [0.25, 0.3) is 10.8 Å². The van der Waals surface area contributed by atoms with Crippen molar-refractivity contribution in [3.05, 3.63) is 76.8 Å². The molecule has 0 amide bonds. The number of carbonyl (C=O) groups is 1. The number of nitro benzene ring substituents is 1. The minimum atomic E-state index is -0.586. The third kappa shape index (κ3) is 3.67. The van der Waals surface area contributed by atoms with E-state index in [2.05, 4.69) is 0 Å². The van der Waals surface area contributed by atoms with Crippen molar-refractivity contribution in [3.8, 4) is 11.5 Å². The van der Waals surface area contributed by atoms with E-state index in [1.807, 2.05) is 36.4 Å². The second-order valence-corrected chi connectivity index (χ2v) is 5.02. The van der Waals surface area contributed by atoms with Gasteiger partial charge in [-0.2, -0.15) is 0 Å². The predicted octanol–water partition coefficient (Wildman–Crippen LogP) is 3.73. The first-order chi connectivity index (χ1) is 11.6. The van der Waals surface area contributed by atoms with Gasteiger partial charge in [-0.3, -0.25) is 10.1 Å². The molecule has 6 nitrogen and oxygen atoms in total. The Hall–Kier alpha value is -3.41. The monoisotopic (exact) mass is 323 g/mol. The van der Waals surface area contributed by atoms with Crippen LogP contribution in [-0.4, -0.2) is 17.5 Å². The molecular formula is C18H13NO5. The summed E-state index contributed by atoms with van der Waals surface area (Å²) in [6, 6.07) is 18.6. The van der Waals surface area contributed by atoms with Crippen molar-refractivity contribution in [1.29, 1.82) is 0 Å². The van der Waals surface area contributed by atoms with Gasteiger partial charge in [-0.1, -0.05) is 30.3 Å². The summed E-state index contributed by atoms with van der Waals surface area (Å²) in [6.45, 7) is -0.255. The molecule has 0 aliphatic carbocycles. The zero-order chi connectivity index (χ0) is 16.9. The molecule has 0 heterocycles. The van der Waals surface area contributed by atoms with Crippen LogP contribution in [0.1, 0.15) is 0 Å². The molecule has 3 aromatic carbocycles. The summed E-state index contributed by atoms with van der Waals surface area (Å²) in [5.74, 6) is 0.207. The van der Waals surface area contributed by atoms with Gasteiger partial charge in [0.2, 0.25) is 0 Å². The molecular weight excluding hydrogens is 310 g/mol. The third-order valence-electron chi connectivity index (χ3n) is 3.36. The maximum Gasteiger partial charge on any atom is 0.349 e. The van der Waals surface area contributed by atoms with Crippen LogP contribution >= 0.6 is 0 Å². The molecule has 3 rings (SSSR count).